The number of halogens is 1. The molecule has 0 spiro atoms. The highest BCUT2D eigenvalue weighted by atomic mass is 32.1. The molecule has 4 amide bonds. The van der Waals surface area contributed by atoms with Crippen molar-refractivity contribution in [2.45, 2.75) is 18.5 Å². The van der Waals surface area contributed by atoms with Crippen molar-refractivity contribution in [3.05, 3.63) is 70.5 Å². The summed E-state index contributed by atoms with van der Waals surface area (Å²) in [6.45, 7) is 0.720. The van der Waals surface area contributed by atoms with Crippen LogP contribution < -0.4 is 20.1 Å². The molecule has 1 unspecified atom stereocenters. The number of benzene rings is 2. The molecule has 0 bridgehead atoms. The minimum Gasteiger partial charge on any atom is -0.486 e. The van der Waals surface area contributed by atoms with E-state index in [9.17, 15) is 23.6 Å². The topological polar surface area (TPSA) is 147 Å². The molecule has 0 radical (unpaired) electrons. The first-order chi connectivity index (χ1) is 17.8. The molecular formula is C24H19FN4O7S. The lowest BCUT2D eigenvalue weighted by Gasteiger charge is -2.24. The largest absolute Gasteiger partial charge is 0.486 e. The van der Waals surface area contributed by atoms with Gasteiger partial charge in [0, 0.05) is 11.8 Å². The summed E-state index contributed by atoms with van der Waals surface area (Å²) in [7, 11) is 0. The predicted molar refractivity (Wildman–Crippen MR) is 127 cm³/mol. The molecule has 3 N–H and O–H groups in total. The Morgan fingerprint density at radius 2 is 1.95 bits per heavy atom. The molecule has 11 nitrogen and oxygen atoms in total. The van der Waals surface area contributed by atoms with Crippen LogP contribution >= 0.6 is 11.3 Å². The quantitative estimate of drug-likeness (QED) is 0.398. The van der Waals surface area contributed by atoms with Crippen molar-refractivity contribution in [2.75, 3.05) is 18.5 Å². The van der Waals surface area contributed by atoms with Gasteiger partial charge in [0.25, 0.3) is 5.91 Å². The normalized spacial score (nSPS) is 17.3. The van der Waals surface area contributed by atoms with E-state index in [1.165, 1.54) is 23.6 Å². The molecule has 1 fully saturated rings. The van der Waals surface area contributed by atoms with Gasteiger partial charge in [-0.2, -0.15) is 0 Å². The van der Waals surface area contributed by atoms with Crippen molar-refractivity contribution in [3.8, 4) is 11.5 Å². The number of ether oxygens (including phenoxy) is 2. The van der Waals surface area contributed by atoms with Gasteiger partial charge in [0.2, 0.25) is 5.91 Å². The number of nitrogens with zero attached hydrogens (tertiary/aromatic N) is 2. The third-order valence-electron chi connectivity index (χ3n) is 5.81. The Kier molecular flexibility index (Phi) is 6.44. The van der Waals surface area contributed by atoms with Crippen molar-refractivity contribution in [1.82, 2.24) is 15.2 Å². The number of anilines is 1. The number of urea groups is 1. The second-order valence-corrected chi connectivity index (χ2v) is 9.00. The zero-order chi connectivity index (χ0) is 26.1. The molecule has 13 heteroatoms. The maximum Gasteiger partial charge on any atom is 0.355 e. The summed E-state index contributed by atoms with van der Waals surface area (Å²) in [4.78, 5) is 55.4. The molecule has 5 rings (SSSR count). The standard InChI is InChI=1S/C24H19FN4O7S/c25-14-4-2-1-3-12(14)9-16(20(30)28-23-26-15(11-37-23)22(32)33)29-21(31)19(27-24(29)34)13-5-6-17-18(10-13)36-8-7-35-17/h1-6,10-11,16,19H,7-9H2,(H,27,34)(H,32,33)(H,26,28,30)/t16-,19?/m0/s1. The fraction of sp³-hybridized carbons (Fsp3) is 0.208. The summed E-state index contributed by atoms with van der Waals surface area (Å²) in [5.74, 6) is -2.52. The highest BCUT2D eigenvalue weighted by molar-refractivity contribution is 7.14. The second-order valence-electron chi connectivity index (χ2n) is 8.14. The van der Waals surface area contributed by atoms with E-state index in [4.69, 9.17) is 14.6 Å². The van der Waals surface area contributed by atoms with E-state index >= 15 is 0 Å². The van der Waals surface area contributed by atoms with Gasteiger partial charge in [0.15, 0.2) is 22.3 Å². The molecule has 1 saturated heterocycles. The smallest absolute Gasteiger partial charge is 0.355 e. The first-order valence-corrected chi connectivity index (χ1v) is 12.0. The van der Waals surface area contributed by atoms with Crippen LogP contribution in [-0.2, 0) is 16.0 Å². The Morgan fingerprint density at radius 1 is 1.19 bits per heavy atom. The maximum absolute atomic E-state index is 14.5. The van der Waals surface area contributed by atoms with Crippen LogP contribution in [0.25, 0.3) is 0 Å². The van der Waals surface area contributed by atoms with Gasteiger partial charge < -0.3 is 25.2 Å². The van der Waals surface area contributed by atoms with E-state index in [1.54, 1.807) is 24.3 Å². The number of imide groups is 1. The maximum atomic E-state index is 14.5. The van der Waals surface area contributed by atoms with Gasteiger partial charge in [0.1, 0.15) is 31.1 Å². The van der Waals surface area contributed by atoms with Crippen molar-refractivity contribution < 1.29 is 38.1 Å². The molecule has 190 valence electrons. The average molecular weight is 527 g/mol. The number of fused-ring (bicyclic) bond motifs is 1. The van der Waals surface area contributed by atoms with E-state index in [1.807, 2.05) is 0 Å². The Hall–Kier alpha value is -4.52. The molecule has 1 aromatic heterocycles. The van der Waals surface area contributed by atoms with E-state index in [2.05, 4.69) is 15.6 Å². The molecule has 2 aliphatic rings. The molecule has 37 heavy (non-hydrogen) atoms. The summed E-state index contributed by atoms with van der Waals surface area (Å²) < 4.78 is 25.5. The molecule has 2 aromatic carbocycles. The monoisotopic (exact) mass is 526 g/mol. The van der Waals surface area contributed by atoms with Crippen molar-refractivity contribution in [1.29, 1.82) is 0 Å². The Bertz CT molecular complexity index is 1410. The van der Waals surface area contributed by atoms with Crippen LogP contribution in [0.4, 0.5) is 14.3 Å². The van der Waals surface area contributed by atoms with Crippen LogP contribution in [0.3, 0.4) is 0 Å². The van der Waals surface area contributed by atoms with Crippen LogP contribution in [0.1, 0.15) is 27.7 Å². The molecule has 0 aliphatic carbocycles. The summed E-state index contributed by atoms with van der Waals surface area (Å²) in [6.07, 6.45) is -0.317. The number of carboxylic acid groups (broad SMARTS) is 1. The number of hydrogen-bond acceptors (Lipinski definition) is 8. The summed E-state index contributed by atoms with van der Waals surface area (Å²) in [5, 5.41) is 15.3. The number of rotatable bonds is 7. The zero-order valence-electron chi connectivity index (χ0n) is 19.0. The van der Waals surface area contributed by atoms with E-state index in [0.29, 0.717) is 30.3 Å². The van der Waals surface area contributed by atoms with Gasteiger partial charge in [-0.05, 0) is 29.3 Å². The SMILES string of the molecule is O=C(O)c1csc(NC(=O)[C@H](Cc2ccccc2F)N2C(=O)NC(c3ccc4c(c3)OCCO4)C2=O)n1. The minimum absolute atomic E-state index is 0.0450. The number of carbonyl (C=O) groups is 4. The number of aromatic carboxylic acids is 1. The van der Waals surface area contributed by atoms with Crippen LogP contribution in [0.5, 0.6) is 11.5 Å². The number of hydrogen-bond donors (Lipinski definition) is 3. The van der Waals surface area contributed by atoms with Gasteiger partial charge in [-0.1, -0.05) is 24.3 Å². The predicted octanol–water partition coefficient (Wildman–Crippen LogP) is 2.59. The third-order valence-corrected chi connectivity index (χ3v) is 6.57. The lowest BCUT2D eigenvalue weighted by molar-refractivity contribution is -0.134. The molecule has 0 saturated carbocycles. The van der Waals surface area contributed by atoms with E-state index in [0.717, 1.165) is 16.2 Å². The summed E-state index contributed by atoms with van der Waals surface area (Å²) in [6, 6.07) is 7.09. The van der Waals surface area contributed by atoms with Crippen molar-refractivity contribution in [3.63, 3.8) is 0 Å². The number of carboxylic acids is 1. The Morgan fingerprint density at radius 3 is 2.68 bits per heavy atom. The summed E-state index contributed by atoms with van der Waals surface area (Å²) >= 11 is 0.860. The van der Waals surface area contributed by atoms with Gasteiger partial charge in [-0.3, -0.25) is 9.59 Å². The molecule has 2 atom stereocenters. The number of thiazole rings is 1. The van der Waals surface area contributed by atoms with Crippen LogP contribution in [0, 0.1) is 5.82 Å². The number of aromatic nitrogens is 1. The molecular weight excluding hydrogens is 507 g/mol. The fourth-order valence-electron chi connectivity index (χ4n) is 4.05. The van der Waals surface area contributed by atoms with Gasteiger partial charge in [-0.15, -0.1) is 11.3 Å². The molecule has 2 aliphatic heterocycles. The van der Waals surface area contributed by atoms with Gasteiger partial charge in [0.05, 0.1) is 0 Å². The number of carbonyl (C=O) groups excluding carboxylic acids is 3. The lowest BCUT2D eigenvalue weighted by Crippen LogP contribution is -2.49. The van der Waals surface area contributed by atoms with Crippen LogP contribution in [-0.4, -0.2) is 58.1 Å². The van der Waals surface area contributed by atoms with E-state index in [-0.39, 0.29) is 22.8 Å². The van der Waals surface area contributed by atoms with Gasteiger partial charge >= 0.3 is 12.0 Å². The second kappa shape index (κ2) is 9.85. The first-order valence-electron chi connectivity index (χ1n) is 11.1. The summed E-state index contributed by atoms with van der Waals surface area (Å²) in [5.41, 5.74) is 0.247. The van der Waals surface area contributed by atoms with Crippen LogP contribution in [0.2, 0.25) is 0 Å². The first kappa shape index (κ1) is 24.2. The number of nitrogens with one attached hydrogen (secondary N) is 2. The molecule has 3 heterocycles. The lowest BCUT2D eigenvalue weighted by atomic mass is 10.0. The third kappa shape index (κ3) is 4.80. The minimum atomic E-state index is -1.45. The zero-order valence-corrected chi connectivity index (χ0v) is 19.8. The fourth-order valence-corrected chi connectivity index (χ4v) is 4.73. The highest BCUT2D eigenvalue weighted by Crippen LogP contribution is 2.35. The van der Waals surface area contributed by atoms with E-state index < -0.39 is 41.7 Å². The van der Waals surface area contributed by atoms with Gasteiger partial charge in [-0.25, -0.2) is 23.9 Å². The number of amides is 4. The Balaban J connectivity index is 1.44. The van der Waals surface area contributed by atoms with Crippen molar-refractivity contribution in [2.24, 2.45) is 0 Å². The van der Waals surface area contributed by atoms with Crippen LogP contribution in [0.15, 0.2) is 47.8 Å². The Labute approximate surface area is 212 Å². The molecule has 3 aromatic rings. The highest BCUT2D eigenvalue weighted by Gasteiger charge is 2.46. The van der Waals surface area contributed by atoms with Crippen molar-refractivity contribution >= 4 is 40.3 Å². The average Bonchev–Trinajstić information content (AvgIpc) is 3.47.